The highest BCUT2D eigenvalue weighted by Gasteiger charge is 2.13. The Labute approximate surface area is 120 Å². The van der Waals surface area contributed by atoms with E-state index in [9.17, 15) is 9.59 Å². The Morgan fingerprint density at radius 3 is 2.45 bits per heavy atom. The number of rotatable bonds is 7. The molecule has 2 aromatic heterocycles. The van der Waals surface area contributed by atoms with Crippen LogP contribution in [0.15, 0.2) is 29.6 Å². The Morgan fingerprint density at radius 1 is 1.10 bits per heavy atom. The average Bonchev–Trinajstić information content (AvgIpc) is 3.02. The fourth-order valence-electron chi connectivity index (χ4n) is 2.07. The number of aryl methyl sites for hydroxylation is 1. The molecule has 0 spiro atoms. The summed E-state index contributed by atoms with van der Waals surface area (Å²) in [7, 11) is 0. The third kappa shape index (κ3) is 3.48. The standard InChI is InChI=1S/C14H15NO4S/c16-13(17)6-4-10-3-5-11(12-2-1-9-20-12)15(10)8-7-14(18)19/h1-3,5,9H,4,6-8H2,(H,16,17)(H,18,19). The molecule has 0 saturated heterocycles. The molecule has 0 unspecified atom stereocenters. The van der Waals surface area contributed by atoms with Gasteiger partial charge in [0.1, 0.15) is 0 Å². The summed E-state index contributed by atoms with van der Waals surface area (Å²) in [6.45, 7) is 0.352. The minimum Gasteiger partial charge on any atom is -0.481 e. The maximum Gasteiger partial charge on any atom is 0.305 e. The second kappa shape index (κ2) is 6.38. The molecule has 0 radical (unpaired) electrons. The van der Waals surface area contributed by atoms with Crippen LogP contribution in [0, 0.1) is 0 Å². The maximum absolute atomic E-state index is 10.8. The molecule has 106 valence electrons. The van der Waals surface area contributed by atoms with Gasteiger partial charge in [-0.2, -0.15) is 0 Å². The number of aromatic nitrogens is 1. The van der Waals surface area contributed by atoms with Gasteiger partial charge in [-0.15, -0.1) is 11.3 Å². The minimum atomic E-state index is -0.861. The van der Waals surface area contributed by atoms with E-state index in [2.05, 4.69) is 0 Å². The minimum absolute atomic E-state index is 0.0210. The van der Waals surface area contributed by atoms with Crippen molar-refractivity contribution >= 4 is 23.3 Å². The Hall–Kier alpha value is -2.08. The van der Waals surface area contributed by atoms with Gasteiger partial charge in [0.05, 0.1) is 23.4 Å². The predicted octanol–water partition coefficient (Wildman–Crippen LogP) is 2.71. The van der Waals surface area contributed by atoms with Crippen molar-refractivity contribution in [1.29, 1.82) is 0 Å². The van der Waals surface area contributed by atoms with Crippen molar-refractivity contribution < 1.29 is 19.8 Å². The summed E-state index contributed by atoms with van der Waals surface area (Å²) >= 11 is 1.58. The topological polar surface area (TPSA) is 79.5 Å². The van der Waals surface area contributed by atoms with Crippen molar-refractivity contribution in [2.24, 2.45) is 0 Å². The van der Waals surface area contributed by atoms with Gasteiger partial charge in [-0.3, -0.25) is 9.59 Å². The zero-order valence-electron chi connectivity index (χ0n) is 10.8. The van der Waals surface area contributed by atoms with Crippen molar-refractivity contribution in [3.63, 3.8) is 0 Å². The molecular weight excluding hydrogens is 278 g/mol. The lowest BCUT2D eigenvalue weighted by Gasteiger charge is -2.11. The molecule has 0 aliphatic rings. The van der Waals surface area contributed by atoms with E-state index in [0.29, 0.717) is 13.0 Å². The zero-order valence-corrected chi connectivity index (χ0v) is 11.6. The highest BCUT2D eigenvalue weighted by Crippen LogP contribution is 2.27. The van der Waals surface area contributed by atoms with Crippen molar-refractivity contribution in [2.75, 3.05) is 0 Å². The van der Waals surface area contributed by atoms with Crippen LogP contribution in [-0.4, -0.2) is 26.7 Å². The van der Waals surface area contributed by atoms with Crippen molar-refractivity contribution in [2.45, 2.75) is 25.8 Å². The summed E-state index contributed by atoms with van der Waals surface area (Å²) in [5.74, 6) is -1.71. The van der Waals surface area contributed by atoms with Gasteiger partial charge >= 0.3 is 11.9 Å². The Kier molecular flexibility index (Phi) is 4.57. The van der Waals surface area contributed by atoms with Crippen LogP contribution in [0.4, 0.5) is 0 Å². The molecular formula is C14H15NO4S. The first-order valence-electron chi connectivity index (χ1n) is 6.24. The van der Waals surface area contributed by atoms with E-state index in [0.717, 1.165) is 16.3 Å². The van der Waals surface area contributed by atoms with Crippen molar-refractivity contribution in [1.82, 2.24) is 4.57 Å². The molecule has 0 saturated carbocycles. The van der Waals surface area contributed by atoms with Crippen LogP contribution >= 0.6 is 11.3 Å². The van der Waals surface area contributed by atoms with E-state index in [1.807, 2.05) is 34.2 Å². The van der Waals surface area contributed by atoms with Crippen LogP contribution in [0.3, 0.4) is 0 Å². The third-order valence-corrected chi connectivity index (χ3v) is 3.88. The Bertz CT molecular complexity index is 601. The van der Waals surface area contributed by atoms with Crippen LogP contribution in [0.1, 0.15) is 18.5 Å². The lowest BCUT2D eigenvalue weighted by Crippen LogP contribution is -2.10. The molecule has 2 N–H and O–H groups in total. The fraction of sp³-hybridized carbons (Fsp3) is 0.286. The molecule has 0 aliphatic carbocycles. The molecule has 2 rings (SSSR count). The molecule has 0 bridgehead atoms. The highest BCUT2D eigenvalue weighted by molar-refractivity contribution is 7.13. The third-order valence-electron chi connectivity index (χ3n) is 2.99. The largest absolute Gasteiger partial charge is 0.481 e. The first-order valence-corrected chi connectivity index (χ1v) is 7.12. The molecule has 2 aromatic rings. The predicted molar refractivity (Wildman–Crippen MR) is 76.0 cm³/mol. The van der Waals surface area contributed by atoms with Gasteiger partial charge in [0, 0.05) is 12.2 Å². The number of carboxylic acids is 2. The van der Waals surface area contributed by atoms with E-state index in [1.54, 1.807) is 11.3 Å². The molecule has 0 atom stereocenters. The van der Waals surface area contributed by atoms with Crippen molar-refractivity contribution in [3.05, 3.63) is 35.3 Å². The van der Waals surface area contributed by atoms with Crippen LogP contribution in [0.5, 0.6) is 0 Å². The monoisotopic (exact) mass is 293 g/mol. The number of nitrogens with zero attached hydrogens (tertiary/aromatic N) is 1. The first-order chi connectivity index (χ1) is 9.58. The van der Waals surface area contributed by atoms with Gasteiger partial charge in [0.2, 0.25) is 0 Å². The number of hydrogen-bond donors (Lipinski definition) is 2. The van der Waals surface area contributed by atoms with Gasteiger partial charge in [-0.1, -0.05) is 6.07 Å². The molecule has 20 heavy (non-hydrogen) atoms. The maximum atomic E-state index is 10.8. The zero-order chi connectivity index (χ0) is 14.5. The first kappa shape index (κ1) is 14.3. The summed E-state index contributed by atoms with van der Waals surface area (Å²) in [4.78, 5) is 22.5. The summed E-state index contributed by atoms with van der Waals surface area (Å²) in [6, 6.07) is 7.70. The van der Waals surface area contributed by atoms with Gasteiger partial charge in [-0.05, 0) is 30.0 Å². The number of aliphatic carboxylic acids is 2. The van der Waals surface area contributed by atoms with Gasteiger partial charge in [0.25, 0.3) is 0 Å². The van der Waals surface area contributed by atoms with Crippen LogP contribution in [-0.2, 0) is 22.6 Å². The van der Waals surface area contributed by atoms with Gasteiger partial charge in [-0.25, -0.2) is 0 Å². The van der Waals surface area contributed by atoms with E-state index in [4.69, 9.17) is 10.2 Å². The van der Waals surface area contributed by atoms with Crippen LogP contribution in [0.2, 0.25) is 0 Å². The van der Waals surface area contributed by atoms with Crippen LogP contribution < -0.4 is 0 Å². The highest BCUT2D eigenvalue weighted by atomic mass is 32.1. The van der Waals surface area contributed by atoms with Gasteiger partial charge in [0.15, 0.2) is 0 Å². The number of hydrogen-bond acceptors (Lipinski definition) is 3. The number of thiophene rings is 1. The van der Waals surface area contributed by atoms with Crippen LogP contribution in [0.25, 0.3) is 10.6 Å². The average molecular weight is 293 g/mol. The molecule has 0 aromatic carbocycles. The summed E-state index contributed by atoms with van der Waals surface area (Å²) in [5, 5.41) is 19.6. The van der Waals surface area contributed by atoms with E-state index in [-0.39, 0.29) is 12.8 Å². The van der Waals surface area contributed by atoms with E-state index in [1.165, 1.54) is 0 Å². The van der Waals surface area contributed by atoms with E-state index < -0.39 is 11.9 Å². The summed E-state index contributed by atoms with van der Waals surface area (Å²) in [5.41, 5.74) is 1.80. The Morgan fingerprint density at radius 2 is 1.85 bits per heavy atom. The molecule has 0 aliphatic heterocycles. The molecule has 6 heteroatoms. The van der Waals surface area contributed by atoms with E-state index >= 15 is 0 Å². The fourth-order valence-corrected chi connectivity index (χ4v) is 2.83. The van der Waals surface area contributed by atoms with Crippen molar-refractivity contribution in [3.8, 4) is 10.6 Å². The number of carboxylic acid groups (broad SMARTS) is 2. The second-order valence-corrected chi connectivity index (χ2v) is 5.32. The lowest BCUT2D eigenvalue weighted by atomic mass is 10.2. The number of carbonyl (C=O) groups is 2. The molecule has 0 fully saturated rings. The lowest BCUT2D eigenvalue weighted by molar-refractivity contribution is -0.138. The molecule has 0 amide bonds. The molecule has 2 heterocycles. The smallest absolute Gasteiger partial charge is 0.305 e. The summed E-state index contributed by atoms with van der Waals surface area (Å²) in [6.07, 6.45) is 0.467. The Balaban J connectivity index is 2.27. The molecule has 5 nitrogen and oxygen atoms in total. The van der Waals surface area contributed by atoms with Gasteiger partial charge < -0.3 is 14.8 Å². The second-order valence-electron chi connectivity index (χ2n) is 4.38. The normalized spacial score (nSPS) is 10.6. The summed E-state index contributed by atoms with van der Waals surface area (Å²) < 4.78 is 1.91. The SMILES string of the molecule is O=C(O)CCc1ccc(-c2cccs2)n1CCC(=O)O. The quantitative estimate of drug-likeness (QED) is 0.822.